The van der Waals surface area contributed by atoms with Gasteiger partial charge in [-0.3, -0.25) is 0 Å². The lowest BCUT2D eigenvalue weighted by Gasteiger charge is -2.17. The highest BCUT2D eigenvalue weighted by molar-refractivity contribution is 5.87. The Labute approximate surface area is 123 Å². The van der Waals surface area contributed by atoms with Crippen molar-refractivity contribution < 1.29 is 13.9 Å². The molecule has 21 heavy (non-hydrogen) atoms. The largest absolute Gasteiger partial charge is 0.461 e. The smallest absolute Gasteiger partial charge is 0.356 e. The molecule has 0 saturated carbocycles. The van der Waals surface area contributed by atoms with Gasteiger partial charge in [0.1, 0.15) is 11.5 Å². The number of aromatic nitrogens is 2. The van der Waals surface area contributed by atoms with E-state index in [0.29, 0.717) is 17.9 Å². The maximum atomic E-state index is 13.9. The molecule has 0 unspecified atom stereocenters. The van der Waals surface area contributed by atoms with Crippen LogP contribution in [0.3, 0.4) is 0 Å². The minimum atomic E-state index is -0.440. The van der Waals surface area contributed by atoms with E-state index in [9.17, 15) is 9.18 Å². The Hall–Kier alpha value is -2.17. The minimum absolute atomic E-state index is 0.259. The lowest BCUT2D eigenvalue weighted by Crippen LogP contribution is -2.17. The molecule has 112 valence electrons. The first-order valence-electron chi connectivity index (χ1n) is 6.94. The van der Waals surface area contributed by atoms with Crippen molar-refractivity contribution in [2.24, 2.45) is 5.92 Å². The number of hydrogen-bond donors (Lipinski definition) is 0. The van der Waals surface area contributed by atoms with Gasteiger partial charge in [-0.15, -0.1) is 0 Å². The van der Waals surface area contributed by atoms with Gasteiger partial charge in [0, 0.05) is 5.56 Å². The summed E-state index contributed by atoms with van der Waals surface area (Å²) in [6, 6.07) is 6.16. The number of rotatable bonds is 5. The van der Waals surface area contributed by atoms with E-state index in [1.54, 1.807) is 22.8 Å². The van der Waals surface area contributed by atoms with Crippen molar-refractivity contribution in [2.45, 2.75) is 26.8 Å². The van der Waals surface area contributed by atoms with E-state index in [0.717, 1.165) is 0 Å². The number of imidazole rings is 1. The Morgan fingerprint density at radius 2 is 2.05 bits per heavy atom. The molecule has 0 saturated heterocycles. The van der Waals surface area contributed by atoms with Gasteiger partial charge in [-0.25, -0.2) is 14.2 Å². The van der Waals surface area contributed by atoms with Crippen molar-refractivity contribution in [3.8, 4) is 0 Å². The van der Waals surface area contributed by atoms with Crippen LogP contribution in [0.1, 0.15) is 42.9 Å². The molecule has 2 rings (SSSR count). The number of halogens is 1. The molecule has 0 fully saturated rings. The summed E-state index contributed by atoms with van der Waals surface area (Å²) in [5, 5.41) is 0. The summed E-state index contributed by atoms with van der Waals surface area (Å²) in [5.74, 6) is -0.487. The summed E-state index contributed by atoms with van der Waals surface area (Å²) in [5.41, 5.74) is 0.833. The molecule has 1 aromatic heterocycles. The maximum Gasteiger partial charge on any atom is 0.356 e. The van der Waals surface area contributed by atoms with E-state index < -0.39 is 5.97 Å². The van der Waals surface area contributed by atoms with Crippen LogP contribution >= 0.6 is 0 Å². The van der Waals surface area contributed by atoms with Crippen molar-refractivity contribution in [3.63, 3.8) is 0 Å². The molecule has 1 atom stereocenters. The van der Waals surface area contributed by atoms with Crippen LogP contribution in [-0.2, 0) is 4.74 Å². The maximum absolute atomic E-state index is 13.9. The van der Waals surface area contributed by atoms with Gasteiger partial charge in [-0.1, -0.05) is 32.0 Å². The molecule has 2 aromatic rings. The lowest BCUT2D eigenvalue weighted by atomic mass is 10.1. The van der Waals surface area contributed by atoms with Gasteiger partial charge in [-0.2, -0.15) is 0 Å². The average Bonchev–Trinajstić information content (AvgIpc) is 2.94. The fourth-order valence-electron chi connectivity index (χ4n) is 2.05. The van der Waals surface area contributed by atoms with Gasteiger partial charge in [0.2, 0.25) is 0 Å². The Morgan fingerprint density at radius 1 is 1.33 bits per heavy atom. The molecule has 0 N–H and O–H groups in total. The van der Waals surface area contributed by atoms with Crippen LogP contribution in [0.15, 0.2) is 36.8 Å². The summed E-state index contributed by atoms with van der Waals surface area (Å²) in [7, 11) is 0. The van der Waals surface area contributed by atoms with Crippen LogP contribution < -0.4 is 0 Å². The van der Waals surface area contributed by atoms with Crippen LogP contribution in [0.5, 0.6) is 0 Å². The number of ether oxygens (including phenoxy) is 1. The molecule has 0 aliphatic rings. The zero-order chi connectivity index (χ0) is 15.4. The Kier molecular flexibility index (Phi) is 4.73. The predicted molar refractivity (Wildman–Crippen MR) is 77.6 cm³/mol. The molecule has 0 aliphatic heterocycles. The minimum Gasteiger partial charge on any atom is -0.461 e. The predicted octanol–water partition coefficient (Wildman–Crippen LogP) is 3.44. The first-order chi connectivity index (χ1) is 10.0. The second-order valence-corrected chi connectivity index (χ2v) is 5.38. The van der Waals surface area contributed by atoms with Crippen molar-refractivity contribution in [2.75, 3.05) is 6.61 Å². The van der Waals surface area contributed by atoms with E-state index >= 15 is 0 Å². The highest BCUT2D eigenvalue weighted by Gasteiger charge is 2.20. The third kappa shape index (κ3) is 3.48. The molecule has 1 aromatic carbocycles. The van der Waals surface area contributed by atoms with Gasteiger partial charge < -0.3 is 9.30 Å². The summed E-state index contributed by atoms with van der Waals surface area (Å²) >= 11 is 0. The van der Waals surface area contributed by atoms with Gasteiger partial charge >= 0.3 is 5.97 Å². The normalized spacial score (nSPS) is 12.4. The van der Waals surface area contributed by atoms with Crippen molar-refractivity contribution in [1.82, 2.24) is 9.55 Å². The number of esters is 1. The van der Waals surface area contributed by atoms with Crippen molar-refractivity contribution in [1.29, 1.82) is 0 Å². The van der Waals surface area contributed by atoms with Crippen LogP contribution in [-0.4, -0.2) is 22.1 Å². The van der Waals surface area contributed by atoms with E-state index in [-0.39, 0.29) is 17.8 Å². The van der Waals surface area contributed by atoms with Gasteiger partial charge in [-0.05, 0) is 18.9 Å². The molecule has 5 heteroatoms. The van der Waals surface area contributed by atoms with Crippen LogP contribution in [0.25, 0.3) is 0 Å². The Morgan fingerprint density at radius 3 is 2.71 bits per heavy atom. The zero-order valence-corrected chi connectivity index (χ0v) is 12.4. The first-order valence-corrected chi connectivity index (χ1v) is 6.94. The van der Waals surface area contributed by atoms with Crippen LogP contribution in [0.2, 0.25) is 0 Å². The topological polar surface area (TPSA) is 44.1 Å². The van der Waals surface area contributed by atoms with Gasteiger partial charge in [0.25, 0.3) is 0 Å². The third-order valence-electron chi connectivity index (χ3n) is 3.20. The van der Waals surface area contributed by atoms with E-state index in [1.807, 2.05) is 20.8 Å². The van der Waals surface area contributed by atoms with Gasteiger partial charge in [0.15, 0.2) is 0 Å². The average molecular weight is 290 g/mol. The van der Waals surface area contributed by atoms with Crippen LogP contribution in [0.4, 0.5) is 4.39 Å². The fourth-order valence-corrected chi connectivity index (χ4v) is 2.05. The number of hydrogen-bond acceptors (Lipinski definition) is 3. The standard InChI is InChI=1S/C16H19FN2O2/c1-11(2)9-21-16(20)15-8-18-10-19(15)12(3)13-6-4-5-7-14(13)17/h4-8,10-12H,9H2,1-3H3/t12-/m1/s1. The molecule has 0 spiro atoms. The zero-order valence-electron chi connectivity index (χ0n) is 12.4. The summed E-state index contributed by atoms with van der Waals surface area (Å²) in [6.45, 7) is 6.09. The van der Waals surface area contributed by atoms with Gasteiger partial charge in [0.05, 0.1) is 25.2 Å². The monoisotopic (exact) mass is 290 g/mol. The number of carbonyl (C=O) groups excluding carboxylic acids is 1. The highest BCUT2D eigenvalue weighted by Crippen LogP contribution is 2.22. The SMILES string of the molecule is CC(C)COC(=O)c1cncn1[C@H](C)c1ccccc1F. The fraction of sp³-hybridized carbons (Fsp3) is 0.375. The van der Waals surface area contributed by atoms with E-state index in [1.165, 1.54) is 18.6 Å². The molecule has 0 aliphatic carbocycles. The molecule has 0 radical (unpaired) electrons. The first kappa shape index (κ1) is 15.2. The van der Waals surface area contributed by atoms with Crippen molar-refractivity contribution >= 4 is 5.97 Å². The van der Waals surface area contributed by atoms with E-state index in [2.05, 4.69) is 4.98 Å². The number of benzene rings is 1. The Balaban J connectivity index is 2.24. The summed E-state index contributed by atoms with van der Waals surface area (Å²) in [6.07, 6.45) is 2.96. The van der Waals surface area contributed by atoms with E-state index in [4.69, 9.17) is 4.74 Å². The molecular weight excluding hydrogens is 271 g/mol. The molecular formula is C16H19FN2O2. The quantitative estimate of drug-likeness (QED) is 0.792. The second kappa shape index (κ2) is 6.52. The molecule has 0 amide bonds. The molecule has 1 heterocycles. The lowest BCUT2D eigenvalue weighted by molar-refractivity contribution is 0.0445. The highest BCUT2D eigenvalue weighted by atomic mass is 19.1. The van der Waals surface area contributed by atoms with Crippen LogP contribution in [0, 0.1) is 11.7 Å². The molecule has 4 nitrogen and oxygen atoms in total. The summed E-state index contributed by atoms with van der Waals surface area (Å²) < 4.78 is 20.7. The van der Waals surface area contributed by atoms with Crippen molar-refractivity contribution in [3.05, 3.63) is 53.9 Å². The summed E-state index contributed by atoms with van der Waals surface area (Å²) in [4.78, 5) is 16.1. The second-order valence-electron chi connectivity index (χ2n) is 5.38. The Bertz CT molecular complexity index is 622. The number of nitrogens with zero attached hydrogens (tertiary/aromatic N) is 2. The molecule has 0 bridgehead atoms. The number of carbonyl (C=O) groups is 1. The third-order valence-corrected chi connectivity index (χ3v) is 3.20.